The molecule has 132 valence electrons. The summed E-state index contributed by atoms with van der Waals surface area (Å²) in [6.07, 6.45) is -0.115. The first-order chi connectivity index (χ1) is 11.8. The zero-order valence-electron chi connectivity index (χ0n) is 13.7. The van der Waals surface area contributed by atoms with Crippen LogP contribution in [-0.4, -0.2) is 18.5 Å². The maximum atomic E-state index is 12.0. The summed E-state index contributed by atoms with van der Waals surface area (Å²) in [6, 6.07) is 8.58. The highest BCUT2D eigenvalue weighted by molar-refractivity contribution is 6.36. The van der Waals surface area contributed by atoms with Gasteiger partial charge in [0.1, 0.15) is 0 Å². The Balaban J connectivity index is 1.93. The Morgan fingerprint density at radius 2 is 1.68 bits per heavy atom. The molecule has 0 saturated heterocycles. The van der Waals surface area contributed by atoms with E-state index < -0.39 is 18.5 Å². The number of aryl methyl sites for hydroxylation is 2. The van der Waals surface area contributed by atoms with E-state index in [9.17, 15) is 9.59 Å². The SMILES string of the molecule is Cc1cc(C)c(NC(=O)COC(=O)Cc2c(Cl)cccc2Cl)c(Cl)c1. The molecule has 0 heterocycles. The number of hydrogen-bond donors (Lipinski definition) is 1. The van der Waals surface area contributed by atoms with Gasteiger partial charge in [-0.3, -0.25) is 9.59 Å². The lowest BCUT2D eigenvalue weighted by Crippen LogP contribution is -2.22. The number of nitrogens with one attached hydrogen (secondary N) is 1. The first-order valence-corrected chi connectivity index (χ1v) is 8.56. The van der Waals surface area contributed by atoms with Crippen molar-refractivity contribution in [2.75, 3.05) is 11.9 Å². The number of carbonyl (C=O) groups excluding carboxylic acids is 2. The minimum atomic E-state index is -0.600. The summed E-state index contributed by atoms with van der Waals surface area (Å²) in [4.78, 5) is 23.9. The topological polar surface area (TPSA) is 55.4 Å². The second-order valence-corrected chi connectivity index (χ2v) is 6.75. The van der Waals surface area contributed by atoms with Crippen molar-refractivity contribution >= 4 is 52.4 Å². The van der Waals surface area contributed by atoms with E-state index in [-0.39, 0.29) is 6.42 Å². The largest absolute Gasteiger partial charge is 0.455 e. The number of halogens is 3. The predicted octanol–water partition coefficient (Wildman–Crippen LogP) is 4.99. The lowest BCUT2D eigenvalue weighted by atomic mass is 10.1. The molecule has 0 aliphatic carbocycles. The number of esters is 1. The van der Waals surface area contributed by atoms with E-state index >= 15 is 0 Å². The van der Waals surface area contributed by atoms with Gasteiger partial charge < -0.3 is 10.1 Å². The van der Waals surface area contributed by atoms with Crippen LogP contribution in [0.2, 0.25) is 15.1 Å². The average Bonchev–Trinajstić information content (AvgIpc) is 2.52. The van der Waals surface area contributed by atoms with Crippen LogP contribution in [0.4, 0.5) is 5.69 Å². The zero-order valence-corrected chi connectivity index (χ0v) is 15.9. The Kier molecular flexibility index (Phi) is 6.71. The molecule has 0 radical (unpaired) electrons. The van der Waals surface area contributed by atoms with Crippen molar-refractivity contribution in [2.45, 2.75) is 20.3 Å². The van der Waals surface area contributed by atoms with Crippen molar-refractivity contribution < 1.29 is 14.3 Å². The van der Waals surface area contributed by atoms with Crippen molar-refractivity contribution in [1.29, 1.82) is 0 Å². The van der Waals surface area contributed by atoms with Crippen LogP contribution < -0.4 is 5.32 Å². The molecule has 4 nitrogen and oxygen atoms in total. The maximum Gasteiger partial charge on any atom is 0.310 e. The van der Waals surface area contributed by atoms with Crippen molar-refractivity contribution in [3.8, 4) is 0 Å². The Labute approximate surface area is 161 Å². The fraction of sp³-hybridized carbons (Fsp3) is 0.222. The Morgan fingerprint density at radius 1 is 1.04 bits per heavy atom. The van der Waals surface area contributed by atoms with Crippen LogP contribution in [0.15, 0.2) is 30.3 Å². The Bertz CT molecular complexity index is 778. The highest BCUT2D eigenvalue weighted by Gasteiger charge is 2.15. The monoisotopic (exact) mass is 399 g/mol. The maximum absolute atomic E-state index is 12.0. The highest BCUT2D eigenvalue weighted by Crippen LogP contribution is 2.27. The van der Waals surface area contributed by atoms with Gasteiger partial charge in [-0.25, -0.2) is 0 Å². The third kappa shape index (κ3) is 5.36. The standard InChI is InChI=1S/C18H16Cl3NO3/c1-10-6-11(2)18(15(21)7-10)22-16(23)9-25-17(24)8-12-13(19)4-3-5-14(12)20/h3-7H,8-9H2,1-2H3,(H,22,23). The minimum absolute atomic E-state index is 0.115. The quantitative estimate of drug-likeness (QED) is 0.720. The van der Waals surface area contributed by atoms with Crippen LogP contribution in [0.1, 0.15) is 16.7 Å². The average molecular weight is 401 g/mol. The minimum Gasteiger partial charge on any atom is -0.455 e. The number of hydrogen-bond acceptors (Lipinski definition) is 3. The molecule has 0 saturated carbocycles. The number of benzene rings is 2. The van der Waals surface area contributed by atoms with Gasteiger partial charge in [-0.05, 0) is 43.2 Å². The first-order valence-electron chi connectivity index (χ1n) is 7.43. The molecule has 25 heavy (non-hydrogen) atoms. The molecular formula is C18H16Cl3NO3. The molecule has 2 aromatic rings. The van der Waals surface area contributed by atoms with Crippen molar-refractivity contribution in [1.82, 2.24) is 0 Å². The molecule has 0 aliphatic heterocycles. The molecule has 0 spiro atoms. The molecule has 1 amide bonds. The molecule has 0 unspecified atom stereocenters. The summed E-state index contributed by atoms with van der Waals surface area (Å²) in [6.45, 7) is 3.32. The first kappa shape index (κ1) is 19.6. The molecule has 0 aliphatic rings. The molecule has 0 bridgehead atoms. The summed E-state index contributed by atoms with van der Waals surface area (Å²) in [5.74, 6) is -1.08. The van der Waals surface area contributed by atoms with E-state index in [1.54, 1.807) is 24.3 Å². The van der Waals surface area contributed by atoms with E-state index in [1.165, 1.54) is 0 Å². The lowest BCUT2D eigenvalue weighted by molar-refractivity contribution is -0.146. The molecular weight excluding hydrogens is 385 g/mol. The number of carbonyl (C=O) groups is 2. The van der Waals surface area contributed by atoms with E-state index in [0.29, 0.717) is 26.3 Å². The third-order valence-electron chi connectivity index (χ3n) is 3.44. The number of amides is 1. The van der Waals surface area contributed by atoms with Gasteiger partial charge in [0.25, 0.3) is 5.91 Å². The van der Waals surface area contributed by atoms with E-state index in [0.717, 1.165) is 11.1 Å². The predicted molar refractivity (Wildman–Crippen MR) is 101 cm³/mol. The van der Waals surface area contributed by atoms with Crippen LogP contribution in [0.3, 0.4) is 0 Å². The molecule has 2 aromatic carbocycles. The van der Waals surface area contributed by atoms with Crippen LogP contribution in [0, 0.1) is 13.8 Å². The number of ether oxygens (including phenoxy) is 1. The summed E-state index contributed by atoms with van der Waals surface area (Å²) < 4.78 is 4.98. The lowest BCUT2D eigenvalue weighted by Gasteiger charge is -2.12. The van der Waals surface area contributed by atoms with Gasteiger partial charge >= 0.3 is 5.97 Å². The van der Waals surface area contributed by atoms with Gasteiger partial charge in [0, 0.05) is 15.6 Å². The van der Waals surface area contributed by atoms with Gasteiger partial charge in [0.05, 0.1) is 17.1 Å². The summed E-state index contributed by atoms with van der Waals surface area (Å²) in [5, 5.41) is 3.82. The molecule has 2 rings (SSSR count). The van der Waals surface area contributed by atoms with Gasteiger partial charge in [0.2, 0.25) is 0 Å². The molecule has 7 heteroatoms. The van der Waals surface area contributed by atoms with Crippen molar-refractivity contribution in [2.24, 2.45) is 0 Å². The van der Waals surface area contributed by atoms with Gasteiger partial charge in [-0.1, -0.05) is 46.9 Å². The van der Waals surface area contributed by atoms with Crippen LogP contribution in [-0.2, 0) is 20.7 Å². The van der Waals surface area contributed by atoms with E-state index in [1.807, 2.05) is 19.9 Å². The Hall–Kier alpha value is -1.75. The van der Waals surface area contributed by atoms with Gasteiger partial charge in [0.15, 0.2) is 6.61 Å². The highest BCUT2D eigenvalue weighted by atomic mass is 35.5. The molecule has 0 fully saturated rings. The normalized spacial score (nSPS) is 10.4. The second-order valence-electron chi connectivity index (χ2n) is 5.52. The molecule has 0 atom stereocenters. The van der Waals surface area contributed by atoms with E-state index in [2.05, 4.69) is 5.32 Å². The van der Waals surface area contributed by atoms with Crippen LogP contribution in [0.5, 0.6) is 0 Å². The molecule has 0 aromatic heterocycles. The van der Waals surface area contributed by atoms with Gasteiger partial charge in [-0.2, -0.15) is 0 Å². The van der Waals surface area contributed by atoms with E-state index in [4.69, 9.17) is 39.5 Å². The Morgan fingerprint density at radius 3 is 2.28 bits per heavy atom. The summed E-state index contributed by atoms with van der Waals surface area (Å²) in [7, 11) is 0. The zero-order chi connectivity index (χ0) is 18.6. The number of rotatable bonds is 5. The van der Waals surface area contributed by atoms with Crippen LogP contribution in [0.25, 0.3) is 0 Å². The molecule has 1 N–H and O–H groups in total. The fourth-order valence-corrected chi connectivity index (χ4v) is 3.19. The third-order valence-corrected chi connectivity index (χ3v) is 4.45. The van der Waals surface area contributed by atoms with Crippen LogP contribution >= 0.6 is 34.8 Å². The summed E-state index contributed by atoms with van der Waals surface area (Å²) in [5.41, 5.74) is 2.78. The number of anilines is 1. The second kappa shape index (κ2) is 8.56. The fourth-order valence-electron chi connectivity index (χ4n) is 2.29. The summed E-state index contributed by atoms with van der Waals surface area (Å²) >= 11 is 18.1. The van der Waals surface area contributed by atoms with Crippen molar-refractivity contribution in [3.63, 3.8) is 0 Å². The van der Waals surface area contributed by atoms with Gasteiger partial charge in [-0.15, -0.1) is 0 Å². The van der Waals surface area contributed by atoms with Crippen molar-refractivity contribution in [3.05, 3.63) is 62.1 Å². The smallest absolute Gasteiger partial charge is 0.310 e.